The van der Waals surface area contributed by atoms with E-state index >= 15 is 0 Å². The van der Waals surface area contributed by atoms with Crippen LogP contribution in [-0.4, -0.2) is 43.2 Å². The molecule has 0 aliphatic carbocycles. The lowest BCUT2D eigenvalue weighted by Crippen LogP contribution is -2.44. The summed E-state index contributed by atoms with van der Waals surface area (Å²) in [6.45, 7) is 3.28. The molecule has 1 aliphatic heterocycles. The van der Waals surface area contributed by atoms with Crippen molar-refractivity contribution < 1.29 is 4.43 Å². The van der Waals surface area contributed by atoms with Gasteiger partial charge in [-0.25, -0.2) is 9.67 Å². The third-order valence-electron chi connectivity index (χ3n) is 6.06. The highest BCUT2D eigenvalue weighted by Crippen LogP contribution is 2.23. The van der Waals surface area contributed by atoms with Gasteiger partial charge in [0.25, 0.3) is 11.1 Å². The lowest BCUT2D eigenvalue weighted by Gasteiger charge is -2.31. The number of hydrogen-bond acceptors (Lipinski definition) is 7. The van der Waals surface area contributed by atoms with Crippen LogP contribution < -0.4 is 20.6 Å². The molecule has 1 aliphatic rings. The van der Waals surface area contributed by atoms with Crippen molar-refractivity contribution in [2.45, 2.75) is 38.9 Å². The molecule has 3 aromatic heterocycles. The number of aromatic nitrogens is 6. The van der Waals surface area contributed by atoms with Gasteiger partial charge in [0, 0.05) is 30.1 Å². The molecule has 2 N–H and O–H groups in total. The molecular weight excluding hydrogens is 436 g/mol. The summed E-state index contributed by atoms with van der Waals surface area (Å²) in [6.07, 6.45) is 4.56. The summed E-state index contributed by atoms with van der Waals surface area (Å²) in [5, 5.41) is 17.1. The van der Waals surface area contributed by atoms with Crippen LogP contribution in [0.2, 0.25) is 0 Å². The van der Waals surface area contributed by atoms with E-state index in [1.807, 2.05) is 0 Å². The van der Waals surface area contributed by atoms with E-state index in [4.69, 9.17) is 5.73 Å². The van der Waals surface area contributed by atoms with Crippen molar-refractivity contribution in [3.8, 4) is 11.8 Å². The molecule has 0 amide bonds. The van der Waals surface area contributed by atoms with Crippen molar-refractivity contribution in [3.05, 3.63) is 62.8 Å². The van der Waals surface area contributed by atoms with E-state index in [2.05, 4.69) is 26.8 Å². The average Bonchev–Trinajstić information content (AvgIpc) is 3.22. The monoisotopic (exact) mass is 460 g/mol. The minimum atomic E-state index is -0.416. The maximum Gasteiger partial charge on any atom is 0.293 e. The van der Waals surface area contributed by atoms with E-state index in [1.165, 1.54) is 17.1 Å². The number of nitrogens with zero attached hydrogens (tertiary/aromatic N) is 7. The van der Waals surface area contributed by atoms with Gasteiger partial charge >= 0.3 is 0 Å². The third kappa shape index (κ3) is 3.68. The Labute approximate surface area is 194 Å². The Morgan fingerprint density at radius 3 is 2.94 bits per heavy atom. The molecule has 11 nitrogen and oxygen atoms in total. The van der Waals surface area contributed by atoms with Crippen molar-refractivity contribution in [2.24, 2.45) is 5.73 Å². The summed E-state index contributed by atoms with van der Waals surface area (Å²) in [5.41, 5.74) is 7.11. The first-order valence-corrected chi connectivity index (χ1v) is 11.1. The van der Waals surface area contributed by atoms with Crippen LogP contribution >= 0.6 is 0 Å². The number of rotatable bonds is 4. The number of imidazole rings is 1. The summed E-state index contributed by atoms with van der Waals surface area (Å²) in [4.78, 5) is 32.7. The van der Waals surface area contributed by atoms with Crippen molar-refractivity contribution in [1.29, 1.82) is 0 Å². The minimum absolute atomic E-state index is 0.0354. The number of piperidine rings is 1. The minimum Gasteiger partial charge on any atom is -0.805 e. The van der Waals surface area contributed by atoms with Crippen molar-refractivity contribution >= 4 is 28.0 Å². The van der Waals surface area contributed by atoms with E-state index < -0.39 is 5.56 Å². The van der Waals surface area contributed by atoms with E-state index in [0.717, 1.165) is 19.4 Å². The predicted molar refractivity (Wildman–Crippen MR) is 128 cm³/mol. The van der Waals surface area contributed by atoms with Gasteiger partial charge in [0.05, 0.1) is 23.7 Å². The third-order valence-corrected chi connectivity index (χ3v) is 6.06. The standard InChI is InChI=1S/C23H24N8O3/c1-2-3-11-28-21-18(26-23(28)27-10-6-7-16(24)13-27)12-25-29(22(21)32)14-17-15-30(33)19-8-4-5-9-20(19)31(17)34/h4-5,8-9,12,15-16H,6-7,10-11,13-14,24H2,1H3/t16-/m1/s1. The van der Waals surface area contributed by atoms with E-state index in [9.17, 15) is 14.9 Å². The Kier molecular flexibility index (Phi) is 5.51. The van der Waals surface area contributed by atoms with Gasteiger partial charge in [-0.2, -0.15) is 5.10 Å². The summed E-state index contributed by atoms with van der Waals surface area (Å²) in [6, 6.07) is 6.53. The zero-order chi connectivity index (χ0) is 23.8. The fraction of sp³-hybridized carbons (Fsp3) is 0.348. The first-order valence-electron chi connectivity index (χ1n) is 11.1. The Morgan fingerprint density at radius 2 is 2.15 bits per heavy atom. The molecule has 11 heteroatoms. The highest BCUT2D eigenvalue weighted by atomic mass is 16.5. The van der Waals surface area contributed by atoms with Gasteiger partial charge in [0.2, 0.25) is 12.1 Å². The van der Waals surface area contributed by atoms with Gasteiger partial charge in [-0.05, 0) is 25.8 Å². The number of nitrogens with two attached hydrogens (primary N) is 1. The molecule has 1 saturated heterocycles. The number of hydrogen-bond donors (Lipinski definition) is 1. The van der Waals surface area contributed by atoms with Crippen LogP contribution in [0.15, 0.2) is 41.5 Å². The fourth-order valence-corrected chi connectivity index (χ4v) is 4.42. The van der Waals surface area contributed by atoms with Crippen LogP contribution in [0.1, 0.15) is 25.5 Å². The van der Waals surface area contributed by atoms with Gasteiger partial charge in [0.15, 0.2) is 0 Å². The molecule has 1 fully saturated rings. The molecule has 0 spiro atoms. The Hall–Kier alpha value is -4.17. The van der Waals surface area contributed by atoms with E-state index in [-0.39, 0.29) is 35.9 Å². The average molecular weight is 460 g/mol. The van der Waals surface area contributed by atoms with Crippen LogP contribution in [-0.2, 0) is 13.1 Å². The van der Waals surface area contributed by atoms with E-state index in [1.54, 1.807) is 35.8 Å². The van der Waals surface area contributed by atoms with Crippen molar-refractivity contribution in [3.63, 3.8) is 0 Å². The van der Waals surface area contributed by atoms with Crippen molar-refractivity contribution in [2.75, 3.05) is 18.0 Å². The lowest BCUT2D eigenvalue weighted by molar-refractivity contribution is -0.465. The second kappa shape index (κ2) is 8.64. The maximum absolute atomic E-state index is 13.5. The first kappa shape index (κ1) is 21.7. The van der Waals surface area contributed by atoms with Crippen LogP contribution in [0.3, 0.4) is 0 Å². The lowest BCUT2D eigenvalue weighted by atomic mass is 10.1. The van der Waals surface area contributed by atoms with Gasteiger partial charge in [0.1, 0.15) is 22.2 Å². The zero-order valence-electron chi connectivity index (χ0n) is 18.7. The SMILES string of the molecule is CC#CCn1c(N2CCC[C@@H](N)C2)nc2cnn(Cc3c[n+](=O)c4ccccc4n3[O-])c(=O)c21. The van der Waals surface area contributed by atoms with Gasteiger partial charge < -0.3 is 20.6 Å². The molecule has 174 valence electrons. The zero-order valence-corrected chi connectivity index (χ0v) is 18.7. The highest BCUT2D eigenvalue weighted by molar-refractivity contribution is 5.77. The molecule has 0 radical (unpaired) electrons. The van der Waals surface area contributed by atoms with Crippen LogP contribution in [0, 0.1) is 22.0 Å². The molecule has 5 rings (SSSR count). The second-order valence-electron chi connectivity index (χ2n) is 8.34. The largest absolute Gasteiger partial charge is 0.805 e. The Morgan fingerprint density at radius 1 is 1.32 bits per heavy atom. The number of anilines is 1. The fourth-order valence-electron chi connectivity index (χ4n) is 4.42. The predicted octanol–water partition coefficient (Wildman–Crippen LogP) is 0.807. The quantitative estimate of drug-likeness (QED) is 0.352. The summed E-state index contributed by atoms with van der Waals surface area (Å²) < 4.78 is 4.23. The highest BCUT2D eigenvalue weighted by Gasteiger charge is 2.24. The summed E-state index contributed by atoms with van der Waals surface area (Å²) in [5.74, 6) is 6.51. The maximum atomic E-state index is 13.5. The normalized spacial score (nSPS) is 16.1. The topological polar surface area (TPSA) is 133 Å². The molecule has 4 aromatic rings. The molecular formula is C23H24N8O3. The Balaban J connectivity index is 1.62. The van der Waals surface area contributed by atoms with Gasteiger partial charge in [-0.3, -0.25) is 9.36 Å². The number of para-hydroxylation sites is 2. The van der Waals surface area contributed by atoms with Crippen molar-refractivity contribution in [1.82, 2.24) is 24.1 Å². The first-order chi connectivity index (χ1) is 16.5. The molecule has 4 heterocycles. The molecule has 0 unspecified atom stereocenters. The Bertz CT molecular complexity index is 1570. The van der Waals surface area contributed by atoms with Gasteiger partial charge in [-0.15, -0.1) is 5.92 Å². The molecule has 1 aromatic carbocycles. The van der Waals surface area contributed by atoms with Crippen LogP contribution in [0.4, 0.5) is 5.95 Å². The smallest absolute Gasteiger partial charge is 0.293 e. The summed E-state index contributed by atoms with van der Waals surface area (Å²) in [7, 11) is 0. The van der Waals surface area contributed by atoms with Gasteiger partial charge in [-0.1, -0.05) is 18.1 Å². The van der Waals surface area contributed by atoms with Crippen LogP contribution in [0.25, 0.3) is 22.1 Å². The second-order valence-corrected chi connectivity index (χ2v) is 8.34. The molecule has 0 bridgehead atoms. The number of benzene rings is 1. The van der Waals surface area contributed by atoms with Crippen LogP contribution in [0.5, 0.6) is 0 Å². The molecule has 0 saturated carbocycles. The molecule has 34 heavy (non-hydrogen) atoms. The van der Waals surface area contributed by atoms with E-state index in [0.29, 0.717) is 32.7 Å². The number of fused-ring (bicyclic) bond motifs is 2. The summed E-state index contributed by atoms with van der Waals surface area (Å²) >= 11 is 0. The molecule has 1 atom stereocenters.